The molecular formula is C20H20BrN2O+. The summed E-state index contributed by atoms with van der Waals surface area (Å²) in [5, 5.41) is 0.766. The van der Waals surface area contributed by atoms with Gasteiger partial charge in [0.15, 0.2) is 5.43 Å². The van der Waals surface area contributed by atoms with E-state index < -0.39 is 0 Å². The maximum atomic E-state index is 13.0. The first-order valence-corrected chi connectivity index (χ1v) is 9.12. The first-order chi connectivity index (χ1) is 11.6. The van der Waals surface area contributed by atoms with Crippen molar-refractivity contribution < 1.29 is 4.90 Å². The van der Waals surface area contributed by atoms with Crippen LogP contribution < -0.4 is 10.3 Å². The molecule has 0 fully saturated rings. The van der Waals surface area contributed by atoms with Crippen molar-refractivity contribution >= 4 is 26.8 Å². The van der Waals surface area contributed by atoms with Gasteiger partial charge in [-0.15, -0.1) is 0 Å². The van der Waals surface area contributed by atoms with Gasteiger partial charge in [0.25, 0.3) is 0 Å². The minimum atomic E-state index is 0.161. The zero-order valence-corrected chi connectivity index (χ0v) is 15.2. The van der Waals surface area contributed by atoms with Gasteiger partial charge in [-0.2, -0.15) is 0 Å². The maximum absolute atomic E-state index is 13.0. The van der Waals surface area contributed by atoms with Crippen LogP contribution in [0.4, 0.5) is 0 Å². The standard InChI is InChI=1S/C20H19BrN2O/c1-13-18(20(24)17-10-16(21)6-7-19(17)22-13)12-23-9-8-14-4-2-3-5-15(14)11-23/h2-7,10H,8-9,11-12H2,1H3,(H,22,24)/p+1. The molecule has 1 atom stereocenters. The van der Waals surface area contributed by atoms with Crippen LogP contribution in [0, 0.1) is 6.92 Å². The third-order valence-electron chi connectivity index (χ3n) is 5.01. The third-order valence-corrected chi connectivity index (χ3v) is 5.50. The van der Waals surface area contributed by atoms with Crippen LogP contribution in [-0.4, -0.2) is 11.5 Å². The van der Waals surface area contributed by atoms with Crippen LogP contribution in [0.2, 0.25) is 0 Å². The summed E-state index contributed by atoms with van der Waals surface area (Å²) < 4.78 is 0.939. The van der Waals surface area contributed by atoms with Crippen molar-refractivity contribution in [3.8, 4) is 0 Å². The molecule has 1 aliphatic rings. The average Bonchev–Trinajstić information content (AvgIpc) is 2.59. The Morgan fingerprint density at radius 1 is 1.17 bits per heavy atom. The lowest BCUT2D eigenvalue weighted by Gasteiger charge is -2.26. The highest BCUT2D eigenvalue weighted by Crippen LogP contribution is 2.17. The lowest BCUT2D eigenvalue weighted by atomic mass is 9.99. The van der Waals surface area contributed by atoms with E-state index in [-0.39, 0.29) is 5.43 Å². The van der Waals surface area contributed by atoms with Crippen molar-refractivity contribution in [3.63, 3.8) is 0 Å². The Labute approximate surface area is 149 Å². The second-order valence-corrected chi connectivity index (χ2v) is 7.54. The highest BCUT2D eigenvalue weighted by molar-refractivity contribution is 9.10. The van der Waals surface area contributed by atoms with Gasteiger partial charge in [-0.25, -0.2) is 0 Å². The molecule has 0 bridgehead atoms. The van der Waals surface area contributed by atoms with E-state index in [2.05, 4.69) is 45.2 Å². The fourth-order valence-corrected chi connectivity index (χ4v) is 4.04. The predicted molar refractivity (Wildman–Crippen MR) is 100 cm³/mol. The fraction of sp³-hybridized carbons (Fsp3) is 0.250. The summed E-state index contributed by atoms with van der Waals surface area (Å²) >= 11 is 3.47. The van der Waals surface area contributed by atoms with Gasteiger partial charge in [-0.3, -0.25) is 4.79 Å². The molecule has 1 aliphatic heterocycles. The number of nitrogens with one attached hydrogen (secondary N) is 2. The molecule has 1 unspecified atom stereocenters. The molecule has 3 nitrogen and oxygen atoms in total. The monoisotopic (exact) mass is 383 g/mol. The zero-order chi connectivity index (χ0) is 16.7. The summed E-state index contributed by atoms with van der Waals surface area (Å²) in [4.78, 5) is 17.8. The van der Waals surface area contributed by atoms with E-state index in [1.165, 1.54) is 16.0 Å². The van der Waals surface area contributed by atoms with Crippen LogP contribution in [0.3, 0.4) is 0 Å². The van der Waals surface area contributed by atoms with Crippen molar-refractivity contribution in [1.29, 1.82) is 0 Å². The van der Waals surface area contributed by atoms with E-state index in [1.54, 1.807) is 0 Å². The Morgan fingerprint density at radius 2 is 1.96 bits per heavy atom. The lowest BCUT2D eigenvalue weighted by molar-refractivity contribution is -0.929. The van der Waals surface area contributed by atoms with Gasteiger partial charge in [0.1, 0.15) is 13.1 Å². The summed E-state index contributed by atoms with van der Waals surface area (Å²) in [6.07, 6.45) is 1.08. The summed E-state index contributed by atoms with van der Waals surface area (Å²) in [5.41, 5.74) is 5.83. The number of rotatable bonds is 2. The number of halogens is 1. The Hall–Kier alpha value is -1.91. The Bertz CT molecular complexity index is 977. The molecule has 0 amide bonds. The van der Waals surface area contributed by atoms with Crippen molar-refractivity contribution in [3.05, 3.63) is 79.5 Å². The first-order valence-electron chi connectivity index (χ1n) is 8.33. The van der Waals surface area contributed by atoms with Crippen molar-refractivity contribution in [1.82, 2.24) is 4.98 Å². The molecule has 0 saturated carbocycles. The van der Waals surface area contributed by atoms with E-state index in [0.717, 1.165) is 52.7 Å². The van der Waals surface area contributed by atoms with E-state index in [9.17, 15) is 4.79 Å². The van der Waals surface area contributed by atoms with E-state index >= 15 is 0 Å². The van der Waals surface area contributed by atoms with Crippen LogP contribution in [0.25, 0.3) is 10.9 Å². The predicted octanol–water partition coefficient (Wildman–Crippen LogP) is 2.74. The summed E-state index contributed by atoms with van der Waals surface area (Å²) in [6.45, 7) is 4.85. The lowest BCUT2D eigenvalue weighted by Crippen LogP contribution is -3.10. The molecule has 0 radical (unpaired) electrons. The molecule has 2 N–H and O–H groups in total. The first kappa shape index (κ1) is 15.6. The average molecular weight is 384 g/mol. The van der Waals surface area contributed by atoms with Crippen LogP contribution in [0.5, 0.6) is 0 Å². The quantitative estimate of drug-likeness (QED) is 0.701. The molecule has 0 spiro atoms. The van der Waals surface area contributed by atoms with Crippen LogP contribution in [-0.2, 0) is 19.5 Å². The summed E-state index contributed by atoms with van der Waals surface area (Å²) in [7, 11) is 0. The van der Waals surface area contributed by atoms with Crippen LogP contribution in [0.1, 0.15) is 22.4 Å². The molecule has 0 saturated heterocycles. The van der Waals surface area contributed by atoms with Gasteiger partial charge in [0, 0.05) is 33.1 Å². The molecule has 122 valence electrons. The number of quaternary nitrogens is 1. The molecular weight excluding hydrogens is 364 g/mol. The van der Waals surface area contributed by atoms with Gasteiger partial charge >= 0.3 is 0 Å². The number of hydrogen-bond acceptors (Lipinski definition) is 1. The number of aromatic nitrogens is 1. The van der Waals surface area contributed by atoms with E-state index in [1.807, 2.05) is 25.1 Å². The van der Waals surface area contributed by atoms with Gasteiger partial charge in [-0.1, -0.05) is 40.2 Å². The Balaban J connectivity index is 1.69. The number of pyridine rings is 1. The molecule has 4 rings (SSSR count). The smallest absolute Gasteiger partial charge is 0.198 e. The van der Waals surface area contributed by atoms with Gasteiger partial charge in [-0.05, 0) is 30.7 Å². The number of fused-ring (bicyclic) bond motifs is 2. The number of H-pyrrole nitrogens is 1. The highest BCUT2D eigenvalue weighted by Gasteiger charge is 2.21. The molecule has 2 heterocycles. The number of aryl methyl sites for hydroxylation is 1. The minimum Gasteiger partial charge on any atom is -0.358 e. The van der Waals surface area contributed by atoms with Crippen LogP contribution >= 0.6 is 15.9 Å². The Morgan fingerprint density at radius 3 is 2.79 bits per heavy atom. The summed E-state index contributed by atoms with van der Waals surface area (Å²) in [6, 6.07) is 14.5. The van der Waals surface area contributed by atoms with Crippen molar-refractivity contribution in [2.45, 2.75) is 26.4 Å². The van der Waals surface area contributed by atoms with E-state index in [0.29, 0.717) is 0 Å². The SMILES string of the molecule is Cc1[nH]c2ccc(Br)cc2c(=O)c1C[NH+]1CCc2ccccc2C1. The molecule has 3 aromatic rings. The maximum Gasteiger partial charge on any atom is 0.198 e. The van der Waals surface area contributed by atoms with Crippen molar-refractivity contribution in [2.75, 3.05) is 6.54 Å². The number of benzene rings is 2. The topological polar surface area (TPSA) is 37.3 Å². The number of aromatic amines is 1. The zero-order valence-electron chi connectivity index (χ0n) is 13.7. The molecule has 24 heavy (non-hydrogen) atoms. The minimum absolute atomic E-state index is 0.161. The molecule has 0 aliphatic carbocycles. The molecule has 4 heteroatoms. The fourth-order valence-electron chi connectivity index (χ4n) is 3.68. The van der Waals surface area contributed by atoms with Crippen LogP contribution in [0.15, 0.2) is 51.7 Å². The Kier molecular flexibility index (Phi) is 4.02. The molecule has 1 aromatic heterocycles. The van der Waals surface area contributed by atoms with Crippen molar-refractivity contribution in [2.24, 2.45) is 0 Å². The van der Waals surface area contributed by atoms with Gasteiger partial charge < -0.3 is 9.88 Å². The number of hydrogen-bond donors (Lipinski definition) is 2. The van der Waals surface area contributed by atoms with Gasteiger partial charge in [0.05, 0.1) is 12.1 Å². The van der Waals surface area contributed by atoms with E-state index in [4.69, 9.17) is 0 Å². The normalized spacial score (nSPS) is 17.0. The highest BCUT2D eigenvalue weighted by atomic mass is 79.9. The molecule has 2 aromatic carbocycles. The largest absolute Gasteiger partial charge is 0.358 e. The summed E-state index contributed by atoms with van der Waals surface area (Å²) in [5.74, 6) is 0. The second-order valence-electron chi connectivity index (χ2n) is 6.62. The van der Waals surface area contributed by atoms with Gasteiger partial charge in [0.2, 0.25) is 0 Å². The second kappa shape index (κ2) is 6.19. The third kappa shape index (κ3) is 2.80.